The number of aliphatic carboxylic acids is 1. The lowest BCUT2D eigenvalue weighted by Gasteiger charge is -1.72. The molecule has 0 aliphatic heterocycles. The highest BCUT2D eigenvalue weighted by atomic mass is 79.9. The number of allylic oxidation sites excluding steroid dienone is 1. The Labute approximate surface area is 77.9 Å². The van der Waals surface area contributed by atoms with Crippen LogP contribution in [0.2, 0.25) is 0 Å². The summed E-state index contributed by atoms with van der Waals surface area (Å²) in [5.74, 6) is -0.903. The maximum atomic E-state index is 9.65. The lowest BCUT2D eigenvalue weighted by molar-refractivity contribution is -0.131. The lowest BCUT2D eigenvalue weighted by Crippen LogP contribution is -1.84. The molecule has 0 spiro atoms. The highest BCUT2D eigenvalue weighted by Gasteiger charge is 1.79. The fourth-order valence-corrected chi connectivity index (χ4v) is 0.332. The van der Waals surface area contributed by atoms with Gasteiger partial charge in [-0.2, -0.15) is 0 Å². The first-order chi connectivity index (χ1) is 4.68. The molecule has 0 unspecified atom stereocenters. The SMILES string of the molecule is ClCCl.O=C(O)/C=C/CBr. The quantitative estimate of drug-likeness (QED) is 0.603. The van der Waals surface area contributed by atoms with Gasteiger partial charge in [-0.3, -0.25) is 0 Å². The average Bonchev–Trinajstić information content (AvgIpc) is 1.85. The van der Waals surface area contributed by atoms with Crippen molar-refractivity contribution in [2.24, 2.45) is 0 Å². The molecule has 0 radical (unpaired) electrons. The van der Waals surface area contributed by atoms with E-state index in [1.807, 2.05) is 0 Å². The summed E-state index contributed by atoms with van der Waals surface area (Å²) in [5, 5.41) is 8.73. The number of rotatable bonds is 2. The first-order valence-corrected chi connectivity index (χ1v) is 4.45. The van der Waals surface area contributed by atoms with E-state index >= 15 is 0 Å². The Morgan fingerprint density at radius 2 is 2.00 bits per heavy atom. The van der Waals surface area contributed by atoms with Gasteiger partial charge in [-0.25, -0.2) is 4.79 Å². The number of hydrogen-bond donors (Lipinski definition) is 1. The number of hydrogen-bond acceptors (Lipinski definition) is 1. The number of carboxylic acid groups (broad SMARTS) is 1. The summed E-state index contributed by atoms with van der Waals surface area (Å²) in [6.45, 7) is 0. The molecule has 10 heavy (non-hydrogen) atoms. The van der Waals surface area contributed by atoms with E-state index in [2.05, 4.69) is 15.9 Å². The van der Waals surface area contributed by atoms with Crippen LogP contribution in [0.15, 0.2) is 12.2 Å². The van der Waals surface area contributed by atoms with E-state index in [9.17, 15) is 4.79 Å². The molecule has 0 aromatic carbocycles. The predicted molar refractivity (Wildman–Crippen MR) is 47.1 cm³/mol. The van der Waals surface area contributed by atoms with Crippen molar-refractivity contribution in [2.45, 2.75) is 0 Å². The van der Waals surface area contributed by atoms with Crippen LogP contribution in [0.3, 0.4) is 0 Å². The maximum absolute atomic E-state index is 9.65. The molecule has 0 atom stereocenters. The Balaban J connectivity index is 0. The van der Waals surface area contributed by atoms with Gasteiger partial charge in [0.25, 0.3) is 0 Å². The molecule has 60 valence electrons. The number of alkyl halides is 3. The Morgan fingerprint density at radius 3 is 2.10 bits per heavy atom. The summed E-state index contributed by atoms with van der Waals surface area (Å²) in [6, 6.07) is 0. The molecule has 0 aromatic rings. The minimum absolute atomic E-state index is 0.194. The maximum Gasteiger partial charge on any atom is 0.328 e. The van der Waals surface area contributed by atoms with Crippen LogP contribution in [0.25, 0.3) is 0 Å². The predicted octanol–water partition coefficient (Wildman–Crippen LogP) is 2.44. The van der Waals surface area contributed by atoms with Crippen molar-refractivity contribution in [3.05, 3.63) is 12.2 Å². The zero-order valence-electron chi connectivity index (χ0n) is 5.06. The van der Waals surface area contributed by atoms with Crippen LogP contribution in [-0.4, -0.2) is 21.7 Å². The van der Waals surface area contributed by atoms with Gasteiger partial charge in [0.2, 0.25) is 0 Å². The van der Waals surface area contributed by atoms with Gasteiger partial charge < -0.3 is 5.11 Å². The minimum Gasteiger partial charge on any atom is -0.478 e. The zero-order valence-corrected chi connectivity index (χ0v) is 8.16. The van der Waals surface area contributed by atoms with E-state index in [-0.39, 0.29) is 5.34 Å². The normalized spacial score (nSPS) is 8.70. The van der Waals surface area contributed by atoms with Crippen molar-refractivity contribution in [1.29, 1.82) is 0 Å². The van der Waals surface area contributed by atoms with Crippen LogP contribution in [-0.2, 0) is 4.79 Å². The Morgan fingerprint density at radius 1 is 1.60 bits per heavy atom. The van der Waals surface area contributed by atoms with Gasteiger partial charge in [0, 0.05) is 11.4 Å². The molecule has 0 aromatic heterocycles. The monoisotopic (exact) mass is 248 g/mol. The third-order valence-electron chi connectivity index (χ3n) is 0.350. The molecule has 1 N–H and O–H groups in total. The van der Waals surface area contributed by atoms with Crippen LogP contribution in [0, 0.1) is 0 Å². The molecule has 0 aliphatic carbocycles. The second kappa shape index (κ2) is 12.0. The Hall–Kier alpha value is 0.270. The van der Waals surface area contributed by atoms with E-state index in [4.69, 9.17) is 28.3 Å². The van der Waals surface area contributed by atoms with Gasteiger partial charge in [-0.1, -0.05) is 22.0 Å². The van der Waals surface area contributed by atoms with Crippen molar-refractivity contribution in [2.75, 3.05) is 10.7 Å². The molecule has 0 bridgehead atoms. The van der Waals surface area contributed by atoms with E-state index in [0.29, 0.717) is 5.33 Å². The van der Waals surface area contributed by atoms with E-state index in [1.165, 1.54) is 6.08 Å². The number of halogens is 3. The molecule has 2 nitrogen and oxygen atoms in total. The van der Waals surface area contributed by atoms with Crippen molar-refractivity contribution in [3.63, 3.8) is 0 Å². The smallest absolute Gasteiger partial charge is 0.328 e. The zero-order chi connectivity index (χ0) is 8.41. The van der Waals surface area contributed by atoms with Crippen LogP contribution in [0.5, 0.6) is 0 Å². The first kappa shape index (κ1) is 12.9. The fourth-order valence-electron chi connectivity index (χ4n) is 0.145. The molecule has 0 heterocycles. The van der Waals surface area contributed by atoms with Crippen LogP contribution >= 0.6 is 39.1 Å². The summed E-state index contributed by atoms with van der Waals surface area (Å²) < 4.78 is 0. The number of carbonyl (C=O) groups is 1. The van der Waals surface area contributed by atoms with Crippen molar-refractivity contribution >= 4 is 45.1 Å². The summed E-state index contributed by atoms with van der Waals surface area (Å²) in [4.78, 5) is 9.65. The van der Waals surface area contributed by atoms with Gasteiger partial charge in [0.05, 0.1) is 5.34 Å². The largest absolute Gasteiger partial charge is 0.478 e. The summed E-state index contributed by atoms with van der Waals surface area (Å²) in [5.41, 5.74) is 0. The van der Waals surface area contributed by atoms with Gasteiger partial charge in [0.15, 0.2) is 0 Å². The highest BCUT2D eigenvalue weighted by Crippen LogP contribution is 1.79. The topological polar surface area (TPSA) is 37.3 Å². The number of carboxylic acids is 1. The average molecular weight is 250 g/mol. The third kappa shape index (κ3) is 24.0. The Kier molecular flexibility index (Phi) is 15.5. The molecule has 0 rings (SSSR count). The lowest BCUT2D eigenvalue weighted by atomic mass is 10.5. The van der Waals surface area contributed by atoms with Crippen molar-refractivity contribution in [3.8, 4) is 0 Å². The van der Waals surface area contributed by atoms with Crippen molar-refractivity contribution < 1.29 is 9.90 Å². The van der Waals surface area contributed by atoms with Gasteiger partial charge in [-0.05, 0) is 0 Å². The minimum atomic E-state index is -0.903. The Bertz CT molecular complexity index is 106. The first-order valence-electron chi connectivity index (χ1n) is 2.26. The molecule has 0 amide bonds. The van der Waals surface area contributed by atoms with Gasteiger partial charge >= 0.3 is 5.97 Å². The molecule has 5 heteroatoms. The second-order valence-electron chi connectivity index (χ2n) is 0.996. The summed E-state index contributed by atoms with van der Waals surface area (Å²) >= 11 is 12.6. The highest BCUT2D eigenvalue weighted by molar-refractivity contribution is 9.09. The van der Waals surface area contributed by atoms with Crippen molar-refractivity contribution in [1.82, 2.24) is 0 Å². The van der Waals surface area contributed by atoms with Crippen LogP contribution in [0.1, 0.15) is 0 Å². The molecular weight excluding hydrogens is 243 g/mol. The van der Waals surface area contributed by atoms with Gasteiger partial charge in [-0.15, -0.1) is 23.2 Å². The van der Waals surface area contributed by atoms with E-state index in [0.717, 1.165) is 6.08 Å². The standard InChI is InChI=1S/C4H5BrO2.CH2Cl2/c5-3-1-2-4(6)7;2-1-3/h1-2H,3H2,(H,6,7);1H2/b2-1+;. The van der Waals surface area contributed by atoms with E-state index in [1.54, 1.807) is 0 Å². The summed E-state index contributed by atoms with van der Waals surface area (Å²) in [7, 11) is 0. The van der Waals surface area contributed by atoms with Crippen LogP contribution < -0.4 is 0 Å². The second-order valence-corrected chi connectivity index (χ2v) is 2.45. The fraction of sp³-hybridized carbons (Fsp3) is 0.400. The molecule has 0 fully saturated rings. The van der Waals surface area contributed by atoms with E-state index < -0.39 is 5.97 Å². The van der Waals surface area contributed by atoms with Crippen LogP contribution in [0.4, 0.5) is 0 Å². The molecule has 0 saturated carbocycles. The molecule has 0 aliphatic rings. The molecule has 0 saturated heterocycles. The van der Waals surface area contributed by atoms with Gasteiger partial charge in [0.1, 0.15) is 0 Å². The third-order valence-corrected chi connectivity index (χ3v) is 0.723. The molecular formula is C5H7BrCl2O2. The summed E-state index contributed by atoms with van der Waals surface area (Å²) in [6.07, 6.45) is 2.61.